The first-order valence-electron chi connectivity index (χ1n) is 8.27. The Bertz CT molecular complexity index is 954. The lowest BCUT2D eigenvalue weighted by Crippen LogP contribution is -2.14. The normalized spacial score (nSPS) is 10.4. The minimum absolute atomic E-state index is 0.00147. The van der Waals surface area contributed by atoms with Crippen molar-refractivity contribution in [2.24, 2.45) is 0 Å². The van der Waals surface area contributed by atoms with Crippen LogP contribution in [0.3, 0.4) is 0 Å². The van der Waals surface area contributed by atoms with Crippen molar-refractivity contribution in [3.8, 4) is 17.0 Å². The average Bonchev–Trinajstić information content (AvgIpc) is 3.12. The highest BCUT2D eigenvalue weighted by atomic mass is 32.1. The van der Waals surface area contributed by atoms with E-state index in [1.807, 2.05) is 31.2 Å². The standard InChI is InChI=1S/C19H17N3O4S/c1-2-26-16-8-6-13(7-9-16)10-18(23)21-19-20-17(12-27-19)14-4-3-5-15(11-14)22(24)25/h3-9,11-12H,2,10H2,1H3,(H,20,21,23). The molecule has 0 atom stereocenters. The number of amides is 1. The molecule has 1 aromatic heterocycles. The second-order valence-electron chi connectivity index (χ2n) is 5.65. The van der Waals surface area contributed by atoms with Gasteiger partial charge >= 0.3 is 0 Å². The third kappa shape index (κ3) is 4.89. The van der Waals surface area contributed by atoms with Gasteiger partial charge in [-0.25, -0.2) is 4.98 Å². The zero-order chi connectivity index (χ0) is 19.2. The van der Waals surface area contributed by atoms with Crippen molar-refractivity contribution in [3.05, 3.63) is 69.6 Å². The maximum atomic E-state index is 12.2. The maximum Gasteiger partial charge on any atom is 0.270 e. The van der Waals surface area contributed by atoms with E-state index in [4.69, 9.17) is 4.74 Å². The second kappa shape index (κ2) is 8.41. The number of anilines is 1. The van der Waals surface area contributed by atoms with Crippen LogP contribution in [0, 0.1) is 10.1 Å². The lowest BCUT2D eigenvalue weighted by Gasteiger charge is -2.05. The van der Waals surface area contributed by atoms with E-state index < -0.39 is 4.92 Å². The Labute approximate surface area is 159 Å². The summed E-state index contributed by atoms with van der Waals surface area (Å²) < 4.78 is 5.38. The Balaban J connectivity index is 1.64. The number of carbonyl (C=O) groups excluding carboxylic acids is 1. The Morgan fingerprint density at radius 3 is 2.74 bits per heavy atom. The number of nitrogens with zero attached hydrogens (tertiary/aromatic N) is 2. The van der Waals surface area contributed by atoms with Crippen molar-refractivity contribution in [1.29, 1.82) is 0 Å². The Kier molecular flexibility index (Phi) is 5.77. The molecular weight excluding hydrogens is 366 g/mol. The van der Waals surface area contributed by atoms with Crippen molar-refractivity contribution >= 4 is 28.1 Å². The smallest absolute Gasteiger partial charge is 0.270 e. The van der Waals surface area contributed by atoms with Gasteiger partial charge in [-0.05, 0) is 24.6 Å². The number of thiazole rings is 1. The van der Waals surface area contributed by atoms with E-state index in [1.165, 1.54) is 23.5 Å². The van der Waals surface area contributed by atoms with E-state index in [9.17, 15) is 14.9 Å². The molecule has 1 heterocycles. The molecule has 0 spiro atoms. The first-order chi connectivity index (χ1) is 13.0. The molecule has 0 saturated heterocycles. The summed E-state index contributed by atoms with van der Waals surface area (Å²) in [6, 6.07) is 13.6. The summed E-state index contributed by atoms with van der Waals surface area (Å²) >= 11 is 1.27. The van der Waals surface area contributed by atoms with Gasteiger partial charge in [0.2, 0.25) is 5.91 Å². The van der Waals surface area contributed by atoms with Crippen LogP contribution in [0.4, 0.5) is 10.8 Å². The zero-order valence-electron chi connectivity index (χ0n) is 14.5. The van der Waals surface area contributed by atoms with Crippen LogP contribution in [0.2, 0.25) is 0 Å². The van der Waals surface area contributed by atoms with Crippen molar-refractivity contribution in [3.63, 3.8) is 0 Å². The van der Waals surface area contributed by atoms with E-state index >= 15 is 0 Å². The summed E-state index contributed by atoms with van der Waals surface area (Å²) in [6.45, 7) is 2.51. The highest BCUT2D eigenvalue weighted by Gasteiger charge is 2.12. The summed E-state index contributed by atoms with van der Waals surface area (Å²) in [5.41, 5.74) is 2.08. The second-order valence-corrected chi connectivity index (χ2v) is 6.51. The molecule has 0 aliphatic heterocycles. The number of hydrogen-bond acceptors (Lipinski definition) is 6. The quantitative estimate of drug-likeness (QED) is 0.485. The lowest BCUT2D eigenvalue weighted by atomic mass is 10.1. The fourth-order valence-electron chi connectivity index (χ4n) is 2.46. The molecule has 8 heteroatoms. The summed E-state index contributed by atoms with van der Waals surface area (Å²) in [7, 11) is 0. The molecule has 0 unspecified atom stereocenters. The van der Waals surface area contributed by atoms with Gasteiger partial charge in [-0.3, -0.25) is 14.9 Å². The minimum Gasteiger partial charge on any atom is -0.494 e. The van der Waals surface area contributed by atoms with Crippen molar-refractivity contribution in [2.75, 3.05) is 11.9 Å². The summed E-state index contributed by atoms with van der Waals surface area (Å²) in [5.74, 6) is 0.585. The van der Waals surface area contributed by atoms with E-state index in [-0.39, 0.29) is 18.0 Å². The van der Waals surface area contributed by atoms with Crippen molar-refractivity contribution < 1.29 is 14.5 Å². The molecular formula is C19H17N3O4S. The molecule has 0 radical (unpaired) electrons. The van der Waals surface area contributed by atoms with Gasteiger partial charge in [-0.15, -0.1) is 11.3 Å². The predicted octanol–water partition coefficient (Wildman–Crippen LogP) is 4.30. The maximum absolute atomic E-state index is 12.2. The number of benzene rings is 2. The van der Waals surface area contributed by atoms with Crippen molar-refractivity contribution in [2.45, 2.75) is 13.3 Å². The first-order valence-corrected chi connectivity index (χ1v) is 9.15. The first kappa shape index (κ1) is 18.5. The monoisotopic (exact) mass is 383 g/mol. The summed E-state index contributed by atoms with van der Waals surface area (Å²) in [5, 5.41) is 15.9. The van der Waals surface area contributed by atoms with Crippen molar-refractivity contribution in [1.82, 2.24) is 4.98 Å². The van der Waals surface area contributed by atoms with Gasteiger partial charge < -0.3 is 10.1 Å². The fourth-order valence-corrected chi connectivity index (χ4v) is 3.20. The molecule has 138 valence electrons. The SMILES string of the molecule is CCOc1ccc(CC(=O)Nc2nc(-c3cccc([N+](=O)[O-])c3)cs2)cc1. The molecule has 1 N–H and O–H groups in total. The number of rotatable bonds is 7. The van der Waals surface area contributed by atoms with Crippen LogP contribution in [-0.4, -0.2) is 22.4 Å². The highest BCUT2D eigenvalue weighted by Crippen LogP contribution is 2.27. The van der Waals surface area contributed by atoms with E-state index in [1.54, 1.807) is 17.5 Å². The van der Waals surface area contributed by atoms with Crippen LogP contribution in [0.5, 0.6) is 5.75 Å². The summed E-state index contributed by atoms with van der Waals surface area (Å²) in [6.07, 6.45) is 0.220. The molecule has 27 heavy (non-hydrogen) atoms. The van der Waals surface area contributed by atoms with Crippen LogP contribution in [0.25, 0.3) is 11.3 Å². The van der Waals surface area contributed by atoms with Gasteiger partial charge in [-0.2, -0.15) is 0 Å². The third-order valence-corrected chi connectivity index (χ3v) is 4.46. The van der Waals surface area contributed by atoms with Crippen LogP contribution in [-0.2, 0) is 11.2 Å². The molecule has 3 rings (SSSR count). The van der Waals surface area contributed by atoms with Gasteiger partial charge in [-0.1, -0.05) is 24.3 Å². The van der Waals surface area contributed by atoms with Crippen LogP contribution < -0.4 is 10.1 Å². The number of nitro benzene ring substituents is 1. The highest BCUT2D eigenvalue weighted by molar-refractivity contribution is 7.14. The topological polar surface area (TPSA) is 94.4 Å². The fraction of sp³-hybridized carbons (Fsp3) is 0.158. The van der Waals surface area contributed by atoms with Gasteiger partial charge in [0.15, 0.2) is 5.13 Å². The number of nitrogens with one attached hydrogen (secondary N) is 1. The number of hydrogen-bond donors (Lipinski definition) is 1. The number of nitro groups is 1. The Morgan fingerprint density at radius 2 is 2.04 bits per heavy atom. The molecule has 2 aromatic carbocycles. The molecule has 0 saturated carbocycles. The molecule has 0 aliphatic rings. The van der Waals surface area contributed by atoms with Crippen LogP contribution >= 0.6 is 11.3 Å². The van der Waals surface area contributed by atoms with Gasteiger partial charge in [0, 0.05) is 23.1 Å². The number of ether oxygens (including phenoxy) is 1. The largest absolute Gasteiger partial charge is 0.494 e. The van der Waals surface area contributed by atoms with E-state index in [0.29, 0.717) is 23.0 Å². The number of carbonyl (C=O) groups is 1. The lowest BCUT2D eigenvalue weighted by molar-refractivity contribution is -0.384. The molecule has 0 bridgehead atoms. The number of aromatic nitrogens is 1. The van der Waals surface area contributed by atoms with E-state index in [2.05, 4.69) is 10.3 Å². The average molecular weight is 383 g/mol. The van der Waals surface area contributed by atoms with Gasteiger partial charge in [0.25, 0.3) is 5.69 Å². The molecule has 1 amide bonds. The molecule has 3 aromatic rings. The summed E-state index contributed by atoms with van der Waals surface area (Å²) in [4.78, 5) is 27.0. The Hall–Kier alpha value is -3.26. The predicted molar refractivity (Wildman–Crippen MR) is 104 cm³/mol. The minimum atomic E-state index is -0.449. The van der Waals surface area contributed by atoms with Crippen LogP contribution in [0.1, 0.15) is 12.5 Å². The number of non-ortho nitro benzene ring substituents is 1. The zero-order valence-corrected chi connectivity index (χ0v) is 15.4. The molecule has 0 aliphatic carbocycles. The van der Waals surface area contributed by atoms with Gasteiger partial charge in [0.1, 0.15) is 5.75 Å². The van der Waals surface area contributed by atoms with E-state index in [0.717, 1.165) is 11.3 Å². The van der Waals surface area contributed by atoms with Gasteiger partial charge in [0.05, 0.1) is 23.6 Å². The van der Waals surface area contributed by atoms with Crippen LogP contribution in [0.15, 0.2) is 53.9 Å². The Morgan fingerprint density at radius 1 is 1.26 bits per heavy atom. The molecule has 7 nitrogen and oxygen atoms in total. The molecule has 0 fully saturated rings. The third-order valence-electron chi connectivity index (χ3n) is 3.70.